The SMILES string of the molecule is COC(=O)C1=C(C)N(c2ccc(C)c(C)c2)C(=O)/C1=C\c1cc(C)n(-c2ccccc2)c1C. The summed E-state index contributed by atoms with van der Waals surface area (Å²) in [6.45, 7) is 9.87. The number of esters is 1. The Morgan fingerprint density at radius 2 is 1.58 bits per heavy atom. The summed E-state index contributed by atoms with van der Waals surface area (Å²) in [6.07, 6.45) is 1.81. The third-order valence-corrected chi connectivity index (χ3v) is 6.32. The maximum Gasteiger partial charge on any atom is 0.340 e. The summed E-state index contributed by atoms with van der Waals surface area (Å²) in [6, 6.07) is 18.0. The summed E-state index contributed by atoms with van der Waals surface area (Å²) in [5, 5.41) is 0. The van der Waals surface area contributed by atoms with Gasteiger partial charge in [-0.1, -0.05) is 24.3 Å². The minimum Gasteiger partial charge on any atom is -0.465 e. The van der Waals surface area contributed by atoms with E-state index in [0.29, 0.717) is 16.8 Å². The molecule has 5 nitrogen and oxygen atoms in total. The molecule has 33 heavy (non-hydrogen) atoms. The predicted octanol–water partition coefficient (Wildman–Crippen LogP) is 5.59. The Morgan fingerprint density at radius 3 is 2.21 bits per heavy atom. The first kappa shape index (κ1) is 22.3. The largest absolute Gasteiger partial charge is 0.465 e. The quantitative estimate of drug-likeness (QED) is 0.393. The zero-order chi connectivity index (χ0) is 23.9. The van der Waals surface area contributed by atoms with Gasteiger partial charge in [-0.05, 0) is 87.7 Å². The van der Waals surface area contributed by atoms with Crippen molar-refractivity contribution in [1.29, 1.82) is 0 Å². The summed E-state index contributed by atoms with van der Waals surface area (Å²) < 4.78 is 7.19. The molecule has 0 N–H and O–H groups in total. The van der Waals surface area contributed by atoms with Crippen LogP contribution in [0.25, 0.3) is 11.8 Å². The Bertz CT molecular complexity index is 1330. The average Bonchev–Trinajstić information content (AvgIpc) is 3.22. The summed E-state index contributed by atoms with van der Waals surface area (Å²) in [4.78, 5) is 28.0. The first-order chi connectivity index (χ1) is 15.7. The number of rotatable bonds is 4. The molecule has 4 rings (SSSR count). The van der Waals surface area contributed by atoms with Gasteiger partial charge in [-0.15, -0.1) is 0 Å². The third-order valence-electron chi connectivity index (χ3n) is 6.32. The van der Waals surface area contributed by atoms with Crippen LogP contribution in [0.4, 0.5) is 5.69 Å². The van der Waals surface area contributed by atoms with Gasteiger partial charge in [-0.2, -0.15) is 0 Å². The van der Waals surface area contributed by atoms with Crippen LogP contribution in [0.15, 0.2) is 71.4 Å². The molecule has 3 aromatic rings. The van der Waals surface area contributed by atoms with E-state index in [9.17, 15) is 9.59 Å². The zero-order valence-corrected chi connectivity index (χ0v) is 19.9. The molecule has 0 aliphatic carbocycles. The highest BCUT2D eigenvalue weighted by atomic mass is 16.5. The summed E-state index contributed by atoms with van der Waals surface area (Å²) in [5.74, 6) is -0.754. The number of benzene rings is 2. The maximum atomic E-state index is 13.6. The van der Waals surface area contributed by atoms with Gasteiger partial charge in [0.2, 0.25) is 0 Å². The number of para-hydroxylation sites is 1. The van der Waals surface area contributed by atoms with E-state index in [1.54, 1.807) is 17.9 Å². The van der Waals surface area contributed by atoms with Gasteiger partial charge in [0, 0.05) is 28.5 Å². The lowest BCUT2D eigenvalue weighted by atomic mass is 10.0. The van der Waals surface area contributed by atoms with Crippen LogP contribution < -0.4 is 4.90 Å². The maximum absolute atomic E-state index is 13.6. The lowest BCUT2D eigenvalue weighted by molar-refractivity contribution is -0.136. The fourth-order valence-electron chi connectivity index (χ4n) is 4.42. The standard InChI is InChI=1S/C28H28N2O3/c1-17-12-13-24(14-18(17)2)30-21(5)26(28(32)33-6)25(27(30)31)16-22-15-19(3)29(20(22)4)23-10-8-7-9-11-23/h7-16H,1-6H3/b25-16-. The number of nitrogens with zero attached hydrogens (tertiary/aromatic N) is 2. The Kier molecular flexibility index (Phi) is 5.81. The van der Waals surface area contributed by atoms with Crippen LogP contribution in [-0.2, 0) is 14.3 Å². The van der Waals surface area contributed by atoms with Crippen molar-refractivity contribution < 1.29 is 14.3 Å². The zero-order valence-electron chi connectivity index (χ0n) is 19.9. The Morgan fingerprint density at radius 1 is 0.879 bits per heavy atom. The van der Waals surface area contributed by atoms with Gasteiger partial charge in [0.15, 0.2) is 0 Å². The molecule has 1 aliphatic heterocycles. The van der Waals surface area contributed by atoms with Crippen molar-refractivity contribution in [2.45, 2.75) is 34.6 Å². The molecule has 5 heteroatoms. The van der Waals surface area contributed by atoms with Crippen LogP contribution >= 0.6 is 0 Å². The molecule has 0 unspecified atom stereocenters. The third kappa shape index (κ3) is 3.80. The first-order valence-corrected chi connectivity index (χ1v) is 10.9. The number of hydrogen-bond acceptors (Lipinski definition) is 3. The Labute approximate surface area is 194 Å². The Hall–Kier alpha value is -3.86. The van der Waals surface area contributed by atoms with Gasteiger partial charge in [0.25, 0.3) is 5.91 Å². The fourth-order valence-corrected chi connectivity index (χ4v) is 4.42. The molecule has 0 fully saturated rings. The van der Waals surface area contributed by atoms with Crippen molar-refractivity contribution in [3.63, 3.8) is 0 Å². The minimum atomic E-state index is -0.518. The molecular formula is C28H28N2O3. The summed E-state index contributed by atoms with van der Waals surface area (Å²) in [5.41, 5.74) is 8.13. The molecule has 168 valence electrons. The lowest BCUT2D eigenvalue weighted by Crippen LogP contribution is -2.24. The molecule has 0 atom stereocenters. The Balaban J connectivity index is 1.86. The van der Waals surface area contributed by atoms with Crippen LogP contribution in [-0.4, -0.2) is 23.6 Å². The highest BCUT2D eigenvalue weighted by Crippen LogP contribution is 2.37. The first-order valence-electron chi connectivity index (χ1n) is 10.9. The van der Waals surface area contributed by atoms with E-state index in [0.717, 1.165) is 39.5 Å². The van der Waals surface area contributed by atoms with Crippen molar-refractivity contribution in [3.05, 3.63) is 99.5 Å². The molecule has 0 spiro atoms. The van der Waals surface area contributed by atoms with Crippen LogP contribution in [0.2, 0.25) is 0 Å². The highest BCUT2D eigenvalue weighted by molar-refractivity contribution is 6.23. The van der Waals surface area contributed by atoms with E-state index in [-0.39, 0.29) is 5.91 Å². The molecule has 0 saturated heterocycles. The number of methoxy groups -OCH3 is 1. The van der Waals surface area contributed by atoms with Gasteiger partial charge < -0.3 is 9.30 Å². The smallest absolute Gasteiger partial charge is 0.340 e. The minimum absolute atomic E-state index is 0.235. The molecule has 2 heterocycles. The van der Waals surface area contributed by atoms with Gasteiger partial charge in [-0.3, -0.25) is 9.69 Å². The number of carbonyl (C=O) groups is 2. The molecule has 0 bridgehead atoms. The fraction of sp³-hybridized carbons (Fsp3) is 0.214. The van der Waals surface area contributed by atoms with Crippen molar-refractivity contribution in [1.82, 2.24) is 4.57 Å². The van der Waals surface area contributed by atoms with E-state index >= 15 is 0 Å². The van der Waals surface area contributed by atoms with Crippen molar-refractivity contribution in [3.8, 4) is 5.69 Å². The van der Waals surface area contributed by atoms with Crippen LogP contribution in [0.5, 0.6) is 0 Å². The second-order valence-corrected chi connectivity index (χ2v) is 8.42. The number of ether oxygens (including phenoxy) is 1. The molecule has 1 amide bonds. The number of allylic oxidation sites excluding steroid dienone is 1. The number of aryl methyl sites for hydroxylation is 3. The number of carbonyl (C=O) groups excluding carboxylic acids is 2. The molecular weight excluding hydrogens is 412 g/mol. The van der Waals surface area contributed by atoms with E-state index in [1.807, 2.05) is 82.3 Å². The molecule has 2 aromatic carbocycles. The predicted molar refractivity (Wildman–Crippen MR) is 131 cm³/mol. The second kappa shape index (κ2) is 8.58. The summed E-state index contributed by atoms with van der Waals surface area (Å²) >= 11 is 0. The van der Waals surface area contributed by atoms with Crippen molar-refractivity contribution in [2.24, 2.45) is 0 Å². The monoisotopic (exact) mass is 440 g/mol. The lowest BCUT2D eigenvalue weighted by Gasteiger charge is -2.19. The van der Waals surface area contributed by atoms with Crippen molar-refractivity contribution >= 4 is 23.6 Å². The van der Waals surface area contributed by atoms with Crippen LogP contribution in [0.1, 0.15) is 35.0 Å². The van der Waals surface area contributed by atoms with Crippen LogP contribution in [0.3, 0.4) is 0 Å². The van der Waals surface area contributed by atoms with E-state index in [1.165, 1.54) is 7.11 Å². The number of anilines is 1. The van der Waals surface area contributed by atoms with Crippen molar-refractivity contribution in [2.75, 3.05) is 12.0 Å². The van der Waals surface area contributed by atoms with E-state index in [4.69, 9.17) is 4.74 Å². The van der Waals surface area contributed by atoms with E-state index < -0.39 is 5.97 Å². The molecule has 1 aliphatic rings. The second-order valence-electron chi connectivity index (χ2n) is 8.42. The van der Waals surface area contributed by atoms with Gasteiger partial charge >= 0.3 is 5.97 Å². The molecule has 0 radical (unpaired) electrons. The molecule has 1 aromatic heterocycles. The number of hydrogen-bond donors (Lipinski definition) is 0. The number of aromatic nitrogens is 1. The van der Waals surface area contributed by atoms with Gasteiger partial charge in [-0.25, -0.2) is 4.79 Å². The van der Waals surface area contributed by atoms with E-state index in [2.05, 4.69) is 4.57 Å². The molecule has 0 saturated carbocycles. The average molecular weight is 441 g/mol. The van der Waals surface area contributed by atoms with Crippen LogP contribution in [0, 0.1) is 27.7 Å². The van der Waals surface area contributed by atoms with Gasteiger partial charge in [0.1, 0.15) is 0 Å². The topological polar surface area (TPSA) is 51.5 Å². The number of amides is 1. The normalized spacial score (nSPS) is 15.0. The van der Waals surface area contributed by atoms with Gasteiger partial charge in [0.05, 0.1) is 18.3 Å². The highest BCUT2D eigenvalue weighted by Gasteiger charge is 2.38. The summed E-state index contributed by atoms with van der Waals surface area (Å²) in [7, 11) is 1.34.